The van der Waals surface area contributed by atoms with Crippen LogP contribution in [0.3, 0.4) is 0 Å². The molecule has 0 unspecified atom stereocenters. The fourth-order valence-corrected chi connectivity index (χ4v) is 1.59. The number of rotatable bonds is 1. The van der Waals surface area contributed by atoms with Gasteiger partial charge < -0.3 is 0 Å². The van der Waals surface area contributed by atoms with Gasteiger partial charge in [-0.3, -0.25) is 4.98 Å². The van der Waals surface area contributed by atoms with E-state index in [2.05, 4.69) is 17.1 Å². The van der Waals surface area contributed by atoms with Crippen LogP contribution in [0.25, 0.3) is 10.4 Å². The maximum absolute atomic E-state index is 4.02. The Labute approximate surface area is 83.1 Å². The Morgan fingerprint density at radius 3 is 2.31 bits per heavy atom. The van der Waals surface area contributed by atoms with Crippen LogP contribution in [0, 0.1) is 0 Å². The Hall–Kier alpha value is -1.15. The Morgan fingerprint density at radius 2 is 1.77 bits per heavy atom. The van der Waals surface area contributed by atoms with Crippen LogP contribution in [0.2, 0.25) is 0 Å². The van der Waals surface area contributed by atoms with Gasteiger partial charge in [0.1, 0.15) is 0 Å². The smallest absolute Gasteiger partial charge is 0.0797 e. The molecular weight excluding hydrogens is 178 g/mol. The zero-order chi connectivity index (χ0) is 9.52. The van der Waals surface area contributed by atoms with Crippen molar-refractivity contribution in [2.75, 3.05) is 0 Å². The standard InChI is InChI=1S/C9H7NS.C2H6/c1-2-4-8(5-3-1)9-6-10-7-11-9;1-2/h1-7H;1-2H3. The summed E-state index contributed by atoms with van der Waals surface area (Å²) in [6, 6.07) is 10.3. The monoisotopic (exact) mass is 191 g/mol. The molecule has 0 saturated carbocycles. The van der Waals surface area contributed by atoms with Gasteiger partial charge in [0.05, 0.1) is 10.4 Å². The van der Waals surface area contributed by atoms with Crippen molar-refractivity contribution in [1.82, 2.24) is 4.98 Å². The molecule has 2 aromatic rings. The lowest BCUT2D eigenvalue weighted by Crippen LogP contribution is -1.67. The molecule has 0 aliphatic carbocycles. The van der Waals surface area contributed by atoms with Gasteiger partial charge in [-0.05, 0) is 5.56 Å². The molecule has 0 bridgehead atoms. The molecule has 0 aliphatic rings. The third-order valence-corrected chi connectivity index (χ3v) is 2.31. The lowest BCUT2D eigenvalue weighted by atomic mass is 10.2. The molecule has 0 aliphatic heterocycles. The van der Waals surface area contributed by atoms with Crippen LogP contribution < -0.4 is 0 Å². The molecule has 0 fully saturated rings. The Kier molecular flexibility index (Phi) is 4.19. The van der Waals surface area contributed by atoms with Crippen LogP contribution in [0.4, 0.5) is 0 Å². The molecule has 1 nitrogen and oxygen atoms in total. The van der Waals surface area contributed by atoms with Crippen molar-refractivity contribution in [3.05, 3.63) is 42.0 Å². The van der Waals surface area contributed by atoms with Gasteiger partial charge in [0, 0.05) is 6.20 Å². The molecule has 13 heavy (non-hydrogen) atoms. The van der Waals surface area contributed by atoms with Gasteiger partial charge in [0.2, 0.25) is 0 Å². The van der Waals surface area contributed by atoms with Crippen molar-refractivity contribution < 1.29 is 0 Å². The number of thiazole rings is 1. The lowest BCUT2D eigenvalue weighted by molar-refractivity contribution is 1.42. The second-order valence-electron chi connectivity index (χ2n) is 2.23. The van der Waals surface area contributed by atoms with Gasteiger partial charge in [0.15, 0.2) is 0 Å². The average molecular weight is 191 g/mol. The molecule has 2 heteroatoms. The highest BCUT2D eigenvalue weighted by molar-refractivity contribution is 7.13. The second-order valence-corrected chi connectivity index (χ2v) is 3.12. The van der Waals surface area contributed by atoms with E-state index in [0.717, 1.165) is 0 Å². The maximum atomic E-state index is 4.02. The highest BCUT2D eigenvalue weighted by atomic mass is 32.1. The van der Waals surface area contributed by atoms with Crippen LogP contribution >= 0.6 is 11.3 Å². The van der Waals surface area contributed by atoms with E-state index in [4.69, 9.17) is 0 Å². The third kappa shape index (κ3) is 2.67. The summed E-state index contributed by atoms with van der Waals surface area (Å²) in [5.74, 6) is 0. The molecule has 2 rings (SSSR count). The molecule has 0 spiro atoms. The molecular formula is C11H13NS. The first-order valence-corrected chi connectivity index (χ1v) is 5.29. The van der Waals surface area contributed by atoms with E-state index in [1.807, 2.05) is 43.8 Å². The van der Waals surface area contributed by atoms with Crippen molar-refractivity contribution in [2.24, 2.45) is 0 Å². The highest BCUT2D eigenvalue weighted by Gasteiger charge is 1.95. The molecule has 0 radical (unpaired) electrons. The van der Waals surface area contributed by atoms with E-state index in [0.29, 0.717) is 0 Å². The summed E-state index contributed by atoms with van der Waals surface area (Å²) >= 11 is 1.66. The summed E-state index contributed by atoms with van der Waals surface area (Å²) in [5, 5.41) is 0. The second kappa shape index (κ2) is 5.49. The normalized spacial score (nSPS) is 8.77. The summed E-state index contributed by atoms with van der Waals surface area (Å²) in [6.07, 6.45) is 1.89. The molecule has 0 amide bonds. The largest absolute Gasteiger partial charge is 0.252 e. The summed E-state index contributed by atoms with van der Waals surface area (Å²) in [5.41, 5.74) is 3.09. The van der Waals surface area contributed by atoms with Crippen LogP contribution in [0.5, 0.6) is 0 Å². The van der Waals surface area contributed by atoms with Gasteiger partial charge in [0.25, 0.3) is 0 Å². The number of hydrogen-bond acceptors (Lipinski definition) is 2. The first-order valence-electron chi connectivity index (χ1n) is 4.41. The van der Waals surface area contributed by atoms with Gasteiger partial charge in [-0.2, -0.15) is 0 Å². The number of benzene rings is 1. The minimum absolute atomic E-state index is 1.23. The van der Waals surface area contributed by atoms with E-state index in [9.17, 15) is 0 Å². The number of nitrogens with zero attached hydrogens (tertiary/aromatic N) is 1. The fraction of sp³-hybridized carbons (Fsp3) is 0.182. The quantitative estimate of drug-likeness (QED) is 0.667. The van der Waals surface area contributed by atoms with Crippen LogP contribution in [-0.2, 0) is 0 Å². The van der Waals surface area contributed by atoms with E-state index in [-0.39, 0.29) is 0 Å². The van der Waals surface area contributed by atoms with Crippen LogP contribution in [0.15, 0.2) is 42.0 Å². The highest BCUT2D eigenvalue weighted by Crippen LogP contribution is 2.21. The molecule has 68 valence electrons. The van der Waals surface area contributed by atoms with Gasteiger partial charge in [-0.15, -0.1) is 11.3 Å². The molecule has 0 atom stereocenters. The van der Waals surface area contributed by atoms with Gasteiger partial charge in [-0.25, -0.2) is 0 Å². The number of aromatic nitrogens is 1. The van der Waals surface area contributed by atoms with Crippen molar-refractivity contribution in [2.45, 2.75) is 13.8 Å². The predicted molar refractivity (Wildman–Crippen MR) is 58.9 cm³/mol. The molecule has 1 heterocycles. The van der Waals surface area contributed by atoms with Crippen molar-refractivity contribution in [3.8, 4) is 10.4 Å². The SMILES string of the molecule is CC.c1ccc(-c2cncs2)cc1. The van der Waals surface area contributed by atoms with E-state index in [1.165, 1.54) is 10.4 Å². The molecule has 1 aromatic heterocycles. The molecule has 1 aromatic carbocycles. The molecule has 0 N–H and O–H groups in total. The Bertz CT molecular complexity index is 313. The minimum atomic E-state index is 1.23. The Balaban J connectivity index is 0.000000396. The summed E-state index contributed by atoms with van der Waals surface area (Å²) < 4.78 is 0. The predicted octanol–water partition coefficient (Wildman–Crippen LogP) is 3.84. The van der Waals surface area contributed by atoms with Crippen molar-refractivity contribution in [3.63, 3.8) is 0 Å². The van der Waals surface area contributed by atoms with Crippen LogP contribution in [-0.4, -0.2) is 4.98 Å². The summed E-state index contributed by atoms with van der Waals surface area (Å²) in [7, 11) is 0. The maximum Gasteiger partial charge on any atom is 0.0797 e. The molecule has 0 saturated heterocycles. The topological polar surface area (TPSA) is 12.9 Å². The first kappa shape index (κ1) is 9.93. The lowest BCUT2D eigenvalue weighted by Gasteiger charge is -1.92. The van der Waals surface area contributed by atoms with Crippen LogP contribution in [0.1, 0.15) is 13.8 Å². The summed E-state index contributed by atoms with van der Waals surface area (Å²) in [4.78, 5) is 5.24. The fourth-order valence-electron chi connectivity index (χ4n) is 0.961. The summed E-state index contributed by atoms with van der Waals surface area (Å²) in [6.45, 7) is 4.00. The first-order chi connectivity index (χ1) is 6.47. The van der Waals surface area contributed by atoms with E-state index < -0.39 is 0 Å². The van der Waals surface area contributed by atoms with Crippen molar-refractivity contribution >= 4 is 11.3 Å². The van der Waals surface area contributed by atoms with E-state index in [1.54, 1.807) is 11.3 Å². The van der Waals surface area contributed by atoms with Gasteiger partial charge in [-0.1, -0.05) is 44.2 Å². The average Bonchev–Trinajstić information content (AvgIpc) is 2.75. The van der Waals surface area contributed by atoms with Gasteiger partial charge >= 0.3 is 0 Å². The Morgan fingerprint density at radius 1 is 1.08 bits per heavy atom. The third-order valence-electron chi connectivity index (χ3n) is 1.49. The minimum Gasteiger partial charge on any atom is -0.252 e. The number of hydrogen-bond donors (Lipinski definition) is 0. The van der Waals surface area contributed by atoms with E-state index >= 15 is 0 Å². The van der Waals surface area contributed by atoms with Crippen molar-refractivity contribution in [1.29, 1.82) is 0 Å². The zero-order valence-corrected chi connectivity index (χ0v) is 8.71. The zero-order valence-electron chi connectivity index (χ0n) is 7.90.